The molecule has 0 N–H and O–H groups in total. The van der Waals surface area contributed by atoms with E-state index in [1.165, 1.54) is 55.6 Å². The zero-order valence-corrected chi connectivity index (χ0v) is 22.4. The van der Waals surface area contributed by atoms with E-state index in [2.05, 4.69) is 146 Å². The minimum absolute atomic E-state index is 0.0598. The van der Waals surface area contributed by atoms with E-state index in [1.54, 1.807) is 0 Å². The van der Waals surface area contributed by atoms with Crippen LogP contribution in [0.2, 0.25) is 0 Å². The Kier molecular flexibility index (Phi) is 4.22. The van der Waals surface area contributed by atoms with Crippen LogP contribution in [0, 0.1) is 5.92 Å². The first-order valence-electron chi connectivity index (χ1n) is 13.8. The number of para-hydroxylation sites is 3. The molecule has 3 heterocycles. The van der Waals surface area contributed by atoms with Crippen LogP contribution in [0.5, 0.6) is 0 Å². The lowest BCUT2D eigenvalue weighted by Crippen LogP contribution is -2.52. The molecule has 3 aliphatic rings. The third-order valence-corrected chi connectivity index (χ3v) is 9.63. The van der Waals surface area contributed by atoms with E-state index in [0.29, 0.717) is 12.0 Å². The summed E-state index contributed by atoms with van der Waals surface area (Å²) in [6, 6.07) is 32.0. The first kappa shape index (κ1) is 22.0. The van der Waals surface area contributed by atoms with Crippen LogP contribution in [0.1, 0.15) is 44.4 Å². The fourth-order valence-electron chi connectivity index (χ4n) is 7.67. The quantitative estimate of drug-likeness (QED) is 0.227. The Balaban J connectivity index is 1.42. The molecule has 2 heteroatoms. The number of nitrogens with zero attached hydrogens (tertiary/aromatic N) is 2. The third kappa shape index (κ3) is 2.63. The number of allylic oxidation sites excluding steroid dienone is 2. The molecule has 2 aliphatic heterocycles. The number of aromatic nitrogens is 1. The van der Waals surface area contributed by atoms with E-state index in [-0.39, 0.29) is 10.8 Å². The van der Waals surface area contributed by atoms with E-state index >= 15 is 0 Å². The van der Waals surface area contributed by atoms with Gasteiger partial charge in [0.05, 0.1) is 17.1 Å². The number of anilines is 2. The summed E-state index contributed by atoms with van der Waals surface area (Å²) >= 11 is 0. The smallest absolute Gasteiger partial charge is 0.0596 e. The lowest BCUT2D eigenvalue weighted by Gasteiger charge is -2.55. The molecule has 0 bridgehead atoms. The predicted octanol–water partition coefficient (Wildman–Crippen LogP) is 8.96. The highest BCUT2D eigenvalue weighted by atomic mass is 15.2. The fraction of sp³-hybridized carbons (Fsp3) is 0.222. The van der Waals surface area contributed by atoms with Gasteiger partial charge in [-0.1, -0.05) is 107 Å². The second kappa shape index (κ2) is 7.29. The average Bonchev–Trinajstić information content (AvgIpc) is 3.27. The molecule has 0 fully saturated rings. The van der Waals surface area contributed by atoms with Gasteiger partial charge in [0.15, 0.2) is 0 Å². The number of rotatable bonds is 1. The van der Waals surface area contributed by atoms with Crippen LogP contribution in [0.3, 0.4) is 0 Å². The Morgan fingerprint density at radius 1 is 0.632 bits per heavy atom. The van der Waals surface area contributed by atoms with Crippen LogP contribution < -0.4 is 4.90 Å². The minimum atomic E-state index is -0.122. The van der Waals surface area contributed by atoms with Crippen molar-refractivity contribution in [3.8, 4) is 5.69 Å². The van der Waals surface area contributed by atoms with Gasteiger partial charge in [-0.2, -0.15) is 0 Å². The van der Waals surface area contributed by atoms with Crippen molar-refractivity contribution in [1.29, 1.82) is 0 Å². The lowest BCUT2D eigenvalue weighted by atomic mass is 9.61. The molecule has 2 unspecified atom stereocenters. The molecule has 4 aromatic carbocycles. The van der Waals surface area contributed by atoms with E-state index in [9.17, 15) is 0 Å². The zero-order valence-electron chi connectivity index (χ0n) is 22.4. The van der Waals surface area contributed by atoms with Gasteiger partial charge in [-0.25, -0.2) is 0 Å². The molecule has 0 saturated carbocycles. The van der Waals surface area contributed by atoms with Gasteiger partial charge >= 0.3 is 0 Å². The molecular weight excluding hydrogens is 460 g/mol. The molecule has 0 saturated heterocycles. The van der Waals surface area contributed by atoms with E-state index < -0.39 is 0 Å². The highest BCUT2D eigenvalue weighted by molar-refractivity contribution is 6.09. The minimum Gasteiger partial charge on any atom is -0.333 e. The van der Waals surface area contributed by atoms with E-state index in [4.69, 9.17) is 0 Å². The van der Waals surface area contributed by atoms with Crippen LogP contribution in [-0.2, 0) is 10.8 Å². The van der Waals surface area contributed by atoms with Crippen LogP contribution in [0.15, 0.2) is 109 Å². The molecule has 1 aliphatic carbocycles. The van der Waals surface area contributed by atoms with Gasteiger partial charge in [0.1, 0.15) is 0 Å². The highest BCUT2D eigenvalue weighted by Crippen LogP contribution is 2.59. The topological polar surface area (TPSA) is 8.17 Å². The summed E-state index contributed by atoms with van der Waals surface area (Å²) in [5, 5.41) is 2.60. The normalized spacial score (nSPS) is 21.8. The van der Waals surface area contributed by atoms with Crippen molar-refractivity contribution in [3.05, 3.63) is 126 Å². The first-order chi connectivity index (χ1) is 18.4. The summed E-state index contributed by atoms with van der Waals surface area (Å²) in [6.45, 7) is 9.66. The van der Waals surface area contributed by atoms with Crippen molar-refractivity contribution in [3.63, 3.8) is 0 Å². The second-order valence-electron chi connectivity index (χ2n) is 12.3. The Morgan fingerprint density at radius 2 is 1.29 bits per heavy atom. The Morgan fingerprint density at radius 3 is 2.03 bits per heavy atom. The molecular formula is C36H32N2. The maximum atomic E-state index is 2.65. The largest absolute Gasteiger partial charge is 0.333 e. The molecule has 38 heavy (non-hydrogen) atoms. The Hall–Kier alpha value is -4.04. The van der Waals surface area contributed by atoms with Crippen molar-refractivity contribution in [2.75, 3.05) is 4.90 Å². The van der Waals surface area contributed by atoms with Gasteiger partial charge in [-0.15, -0.1) is 0 Å². The number of fused-ring (bicyclic) bond motifs is 7. The molecule has 0 amide bonds. The van der Waals surface area contributed by atoms with Gasteiger partial charge < -0.3 is 9.47 Å². The van der Waals surface area contributed by atoms with Crippen molar-refractivity contribution >= 4 is 33.2 Å². The van der Waals surface area contributed by atoms with Crippen LogP contribution >= 0.6 is 0 Å². The average molecular weight is 493 g/mol. The Bertz CT molecular complexity index is 1790. The SMILES string of the molecule is CC1(C)c2cc(-n3c4ccccc4c4ccccc43)ccc2N2c3c1cccc3C(C)(C)C1C=CC=CC12. The molecule has 5 aromatic rings. The van der Waals surface area contributed by atoms with Crippen LogP contribution in [0.4, 0.5) is 11.4 Å². The van der Waals surface area contributed by atoms with E-state index in [1.807, 2.05) is 0 Å². The standard InChI is InChI=1S/C36H32N2/c1-35(2)26-14-7-10-19-32(26)38-33-21-20-23(22-29(33)36(3,4)28-16-11-15-27(35)34(28)38)37-30-17-8-5-12-24(30)25-13-6-9-18-31(25)37/h5-22,26,32H,1-4H3. The number of hydrogen-bond acceptors (Lipinski definition) is 1. The molecule has 8 rings (SSSR count). The molecule has 1 aromatic heterocycles. The molecule has 2 nitrogen and oxygen atoms in total. The maximum absolute atomic E-state index is 2.65. The molecule has 186 valence electrons. The van der Waals surface area contributed by atoms with Crippen LogP contribution in [-0.4, -0.2) is 10.6 Å². The lowest BCUT2D eigenvalue weighted by molar-refractivity contribution is 0.328. The van der Waals surface area contributed by atoms with Gasteiger partial charge in [0, 0.05) is 44.6 Å². The number of benzene rings is 4. The summed E-state index contributed by atoms with van der Waals surface area (Å²) in [6.07, 6.45) is 9.30. The summed E-state index contributed by atoms with van der Waals surface area (Å²) in [7, 11) is 0. The first-order valence-corrected chi connectivity index (χ1v) is 13.8. The number of hydrogen-bond donors (Lipinski definition) is 0. The zero-order chi connectivity index (χ0) is 25.8. The summed E-state index contributed by atoms with van der Waals surface area (Å²) in [5.41, 5.74) is 10.7. The Labute approximate surface area is 224 Å². The monoisotopic (exact) mass is 492 g/mol. The summed E-state index contributed by atoms with van der Waals surface area (Å²) < 4.78 is 2.44. The maximum Gasteiger partial charge on any atom is 0.0596 e. The van der Waals surface area contributed by atoms with E-state index in [0.717, 1.165) is 0 Å². The van der Waals surface area contributed by atoms with Crippen molar-refractivity contribution in [2.24, 2.45) is 5.92 Å². The van der Waals surface area contributed by atoms with Crippen molar-refractivity contribution < 1.29 is 0 Å². The molecule has 0 radical (unpaired) electrons. The summed E-state index contributed by atoms with van der Waals surface area (Å²) in [4.78, 5) is 2.65. The van der Waals surface area contributed by atoms with Gasteiger partial charge in [0.25, 0.3) is 0 Å². The van der Waals surface area contributed by atoms with Crippen LogP contribution in [0.25, 0.3) is 27.5 Å². The van der Waals surface area contributed by atoms with Gasteiger partial charge in [-0.3, -0.25) is 0 Å². The second-order valence-corrected chi connectivity index (χ2v) is 12.3. The summed E-state index contributed by atoms with van der Waals surface area (Å²) in [5.74, 6) is 0.418. The highest BCUT2D eigenvalue weighted by Gasteiger charge is 2.50. The van der Waals surface area contributed by atoms with Crippen molar-refractivity contribution in [2.45, 2.75) is 44.6 Å². The fourth-order valence-corrected chi connectivity index (χ4v) is 7.67. The predicted molar refractivity (Wildman–Crippen MR) is 160 cm³/mol. The van der Waals surface area contributed by atoms with Crippen molar-refractivity contribution in [1.82, 2.24) is 4.57 Å². The molecule has 0 spiro atoms. The third-order valence-electron chi connectivity index (χ3n) is 9.63. The van der Waals surface area contributed by atoms with Gasteiger partial charge in [0.2, 0.25) is 0 Å². The molecule has 2 atom stereocenters. The van der Waals surface area contributed by atoms with Gasteiger partial charge in [-0.05, 0) is 47.0 Å².